The molecule has 0 saturated carbocycles. The average Bonchev–Trinajstić information content (AvgIpc) is 3.12. The molecule has 4 rings (SSSR count). The molecule has 0 saturated heterocycles. The van der Waals surface area contributed by atoms with Crippen LogP contribution in [0, 0.1) is 5.82 Å². The summed E-state index contributed by atoms with van der Waals surface area (Å²) in [4.78, 5) is 19.3. The van der Waals surface area contributed by atoms with Crippen molar-refractivity contribution in [3.05, 3.63) is 70.8 Å². The highest BCUT2D eigenvalue weighted by atomic mass is 19.1. The van der Waals surface area contributed by atoms with Crippen LogP contribution in [0.3, 0.4) is 0 Å². The minimum absolute atomic E-state index is 0.224. The molecule has 0 fully saturated rings. The number of halogens is 1. The Labute approximate surface area is 136 Å². The number of hydrogen-bond acceptors (Lipinski definition) is 3. The predicted molar refractivity (Wildman–Crippen MR) is 88.1 cm³/mol. The average molecular weight is 323 g/mol. The lowest BCUT2D eigenvalue weighted by Gasteiger charge is -2.04. The van der Waals surface area contributed by atoms with Gasteiger partial charge in [0, 0.05) is 30.6 Å². The van der Waals surface area contributed by atoms with Crippen molar-refractivity contribution >= 4 is 11.2 Å². The first-order valence-electron chi connectivity index (χ1n) is 7.42. The van der Waals surface area contributed by atoms with Crippen molar-refractivity contribution in [2.24, 2.45) is 7.05 Å². The largest absolute Gasteiger partial charge is 0.327 e. The number of imidazole rings is 1. The highest BCUT2D eigenvalue weighted by Gasteiger charge is 2.11. The third kappa shape index (κ3) is 2.50. The Morgan fingerprint density at radius 1 is 1.17 bits per heavy atom. The third-order valence-corrected chi connectivity index (χ3v) is 3.91. The Kier molecular flexibility index (Phi) is 3.26. The molecule has 7 heteroatoms. The molecule has 0 amide bonds. The second-order valence-corrected chi connectivity index (χ2v) is 5.64. The van der Waals surface area contributed by atoms with Crippen LogP contribution in [0.5, 0.6) is 0 Å². The minimum atomic E-state index is -0.289. The zero-order valence-corrected chi connectivity index (χ0v) is 12.9. The number of H-pyrrole nitrogens is 1. The molecule has 0 spiro atoms. The maximum absolute atomic E-state index is 13.1. The van der Waals surface area contributed by atoms with Gasteiger partial charge in [0.05, 0.1) is 18.3 Å². The molecule has 120 valence electrons. The van der Waals surface area contributed by atoms with Crippen LogP contribution >= 0.6 is 0 Å². The molecular weight excluding hydrogens is 309 g/mol. The molecular formula is C17H14FN5O. The number of benzene rings is 1. The van der Waals surface area contributed by atoms with Gasteiger partial charge in [0.25, 0.3) is 0 Å². The summed E-state index contributed by atoms with van der Waals surface area (Å²) in [5.41, 5.74) is 3.58. The normalized spacial score (nSPS) is 11.2. The fourth-order valence-electron chi connectivity index (χ4n) is 2.73. The number of pyridine rings is 1. The van der Waals surface area contributed by atoms with E-state index < -0.39 is 0 Å². The van der Waals surface area contributed by atoms with Crippen molar-refractivity contribution in [3.63, 3.8) is 0 Å². The van der Waals surface area contributed by atoms with E-state index in [-0.39, 0.29) is 11.5 Å². The predicted octanol–water partition coefficient (Wildman–Crippen LogP) is 2.31. The zero-order chi connectivity index (χ0) is 16.7. The molecule has 0 atom stereocenters. The van der Waals surface area contributed by atoms with Gasteiger partial charge in [0.2, 0.25) is 0 Å². The van der Waals surface area contributed by atoms with Gasteiger partial charge >= 0.3 is 5.69 Å². The summed E-state index contributed by atoms with van der Waals surface area (Å²) < 4.78 is 16.4. The SMILES string of the molecule is Cn1cc(Cn2c(=O)[nH]c3ncc(-c4ccc(F)cc4)cc32)cn1. The van der Waals surface area contributed by atoms with E-state index in [4.69, 9.17) is 0 Å². The van der Waals surface area contributed by atoms with Crippen LogP contribution in [0.1, 0.15) is 5.56 Å². The maximum Gasteiger partial charge on any atom is 0.327 e. The van der Waals surface area contributed by atoms with Gasteiger partial charge in [-0.3, -0.25) is 14.2 Å². The zero-order valence-electron chi connectivity index (χ0n) is 12.9. The van der Waals surface area contributed by atoms with Crippen molar-refractivity contribution in [1.29, 1.82) is 0 Å². The van der Waals surface area contributed by atoms with Crippen molar-refractivity contribution in [1.82, 2.24) is 24.3 Å². The number of hydrogen-bond donors (Lipinski definition) is 1. The van der Waals surface area contributed by atoms with Crippen molar-refractivity contribution in [2.45, 2.75) is 6.54 Å². The number of rotatable bonds is 3. The van der Waals surface area contributed by atoms with E-state index in [2.05, 4.69) is 15.1 Å². The Bertz CT molecular complexity index is 1070. The van der Waals surface area contributed by atoms with Crippen LogP contribution in [0.15, 0.2) is 53.7 Å². The third-order valence-electron chi connectivity index (χ3n) is 3.91. The molecule has 1 aromatic carbocycles. The smallest absolute Gasteiger partial charge is 0.290 e. The molecule has 0 aliphatic heterocycles. The lowest BCUT2D eigenvalue weighted by molar-refractivity contribution is 0.628. The number of aromatic amines is 1. The van der Waals surface area contributed by atoms with E-state index in [0.717, 1.165) is 16.7 Å². The second kappa shape index (κ2) is 5.45. The Morgan fingerprint density at radius 2 is 1.96 bits per heavy atom. The summed E-state index contributed by atoms with van der Waals surface area (Å²) in [5.74, 6) is -0.289. The van der Waals surface area contributed by atoms with Gasteiger partial charge in [-0.25, -0.2) is 14.2 Å². The molecule has 3 heterocycles. The first-order valence-corrected chi connectivity index (χ1v) is 7.42. The Balaban J connectivity index is 1.81. The van der Waals surface area contributed by atoms with Gasteiger partial charge in [-0.15, -0.1) is 0 Å². The summed E-state index contributed by atoms with van der Waals surface area (Å²) in [6.07, 6.45) is 5.25. The van der Waals surface area contributed by atoms with E-state index in [9.17, 15) is 9.18 Å². The monoisotopic (exact) mass is 323 g/mol. The fourth-order valence-corrected chi connectivity index (χ4v) is 2.73. The highest BCUT2D eigenvalue weighted by Crippen LogP contribution is 2.22. The van der Waals surface area contributed by atoms with Crippen LogP contribution in [-0.4, -0.2) is 24.3 Å². The second-order valence-electron chi connectivity index (χ2n) is 5.64. The van der Waals surface area contributed by atoms with Crippen LogP contribution in [0.4, 0.5) is 4.39 Å². The lowest BCUT2D eigenvalue weighted by atomic mass is 10.1. The number of nitrogens with zero attached hydrogens (tertiary/aromatic N) is 4. The molecule has 1 N–H and O–H groups in total. The van der Waals surface area contributed by atoms with E-state index in [1.807, 2.05) is 19.3 Å². The van der Waals surface area contributed by atoms with Gasteiger partial charge in [0.15, 0.2) is 5.65 Å². The van der Waals surface area contributed by atoms with Gasteiger partial charge in [0.1, 0.15) is 5.82 Å². The van der Waals surface area contributed by atoms with Crippen LogP contribution in [0.2, 0.25) is 0 Å². The van der Waals surface area contributed by atoms with E-state index in [1.54, 1.807) is 33.8 Å². The van der Waals surface area contributed by atoms with Crippen molar-refractivity contribution in [3.8, 4) is 11.1 Å². The van der Waals surface area contributed by atoms with E-state index in [1.165, 1.54) is 12.1 Å². The Hall–Kier alpha value is -3.22. The highest BCUT2D eigenvalue weighted by molar-refractivity contribution is 5.78. The summed E-state index contributed by atoms with van der Waals surface area (Å²) >= 11 is 0. The standard InChI is InChI=1S/C17H14FN5O/c1-22-9-11(7-20-22)10-23-15-6-13(8-19-16(15)21-17(23)24)12-2-4-14(18)5-3-12/h2-9H,10H2,1H3,(H,19,21,24). The van der Waals surface area contributed by atoms with E-state index in [0.29, 0.717) is 17.7 Å². The number of aromatic nitrogens is 5. The lowest BCUT2D eigenvalue weighted by Crippen LogP contribution is -2.17. The quantitative estimate of drug-likeness (QED) is 0.629. The fraction of sp³-hybridized carbons (Fsp3) is 0.118. The minimum Gasteiger partial charge on any atom is -0.290 e. The molecule has 0 aliphatic rings. The Morgan fingerprint density at radius 3 is 2.67 bits per heavy atom. The van der Waals surface area contributed by atoms with Crippen LogP contribution < -0.4 is 5.69 Å². The van der Waals surface area contributed by atoms with Crippen LogP contribution in [0.25, 0.3) is 22.3 Å². The molecule has 0 radical (unpaired) electrons. The summed E-state index contributed by atoms with van der Waals surface area (Å²) in [5, 5.41) is 4.12. The number of aryl methyl sites for hydroxylation is 1. The topological polar surface area (TPSA) is 68.5 Å². The number of nitrogens with one attached hydrogen (secondary N) is 1. The molecule has 0 unspecified atom stereocenters. The summed E-state index contributed by atoms with van der Waals surface area (Å²) in [7, 11) is 1.83. The van der Waals surface area contributed by atoms with Crippen molar-refractivity contribution in [2.75, 3.05) is 0 Å². The van der Waals surface area contributed by atoms with Gasteiger partial charge < -0.3 is 0 Å². The van der Waals surface area contributed by atoms with Gasteiger partial charge in [-0.05, 0) is 23.8 Å². The molecule has 6 nitrogen and oxygen atoms in total. The first kappa shape index (κ1) is 14.4. The molecule has 0 aliphatic carbocycles. The maximum atomic E-state index is 13.1. The summed E-state index contributed by atoms with van der Waals surface area (Å²) in [6, 6.07) is 8.06. The molecule has 4 aromatic rings. The first-order chi connectivity index (χ1) is 11.6. The van der Waals surface area contributed by atoms with Gasteiger partial charge in [-0.2, -0.15) is 5.10 Å². The van der Waals surface area contributed by atoms with Crippen LogP contribution in [-0.2, 0) is 13.6 Å². The summed E-state index contributed by atoms with van der Waals surface area (Å²) in [6.45, 7) is 0.404. The molecule has 24 heavy (non-hydrogen) atoms. The number of fused-ring (bicyclic) bond motifs is 1. The molecule has 3 aromatic heterocycles. The van der Waals surface area contributed by atoms with Gasteiger partial charge in [-0.1, -0.05) is 12.1 Å². The van der Waals surface area contributed by atoms with Crippen molar-refractivity contribution < 1.29 is 4.39 Å². The van der Waals surface area contributed by atoms with E-state index >= 15 is 0 Å². The molecule has 0 bridgehead atoms.